The highest BCUT2D eigenvalue weighted by Crippen LogP contribution is 2.38. The number of rotatable bonds is 11. The van der Waals surface area contributed by atoms with Crippen LogP contribution in [-0.2, 0) is 25.1 Å². The lowest BCUT2D eigenvalue weighted by Crippen LogP contribution is -2.28. The van der Waals surface area contributed by atoms with Crippen molar-refractivity contribution in [2.75, 3.05) is 20.0 Å². The molecule has 1 saturated carbocycles. The highest BCUT2D eigenvalue weighted by atomic mass is 32.2. The van der Waals surface area contributed by atoms with Crippen molar-refractivity contribution >= 4 is 22.6 Å². The normalized spacial score (nSPS) is 26.9. The lowest BCUT2D eigenvalue weighted by molar-refractivity contribution is -0.146. The monoisotopic (exact) mass is 488 g/mol. The summed E-state index contributed by atoms with van der Waals surface area (Å²) in [7, 11) is -0.0164. The highest BCUT2D eigenvalue weighted by Gasteiger charge is 2.42. The Morgan fingerprint density at radius 1 is 1.18 bits per heavy atom. The number of esters is 1. The van der Waals surface area contributed by atoms with Crippen LogP contribution in [0.5, 0.6) is 5.75 Å². The molecule has 0 saturated heterocycles. The van der Waals surface area contributed by atoms with E-state index in [1.54, 1.807) is 0 Å². The van der Waals surface area contributed by atoms with Crippen LogP contribution in [0, 0.1) is 11.8 Å². The molecule has 0 heterocycles. The number of Topliss-reactive ketones (excluding diaryl/α,β-unsaturated/α-hetero) is 1. The molecule has 0 radical (unpaired) electrons. The predicted octanol–water partition coefficient (Wildman–Crippen LogP) is 4.50. The van der Waals surface area contributed by atoms with E-state index in [-0.39, 0.29) is 22.6 Å². The zero-order valence-electron chi connectivity index (χ0n) is 20.2. The minimum Gasteiger partial charge on any atom is -0.494 e. The summed E-state index contributed by atoms with van der Waals surface area (Å²) >= 11 is 0. The van der Waals surface area contributed by atoms with Gasteiger partial charge in [-0.3, -0.25) is 13.8 Å². The second kappa shape index (κ2) is 12.5. The van der Waals surface area contributed by atoms with E-state index in [4.69, 9.17) is 9.47 Å². The number of allylic oxidation sites excluding steroid dienone is 2. The Morgan fingerprint density at radius 2 is 1.88 bits per heavy atom. The van der Waals surface area contributed by atoms with Gasteiger partial charge in [-0.15, -0.1) is 0 Å². The predicted molar refractivity (Wildman–Crippen MR) is 133 cm³/mol. The van der Waals surface area contributed by atoms with E-state index in [0.29, 0.717) is 37.4 Å². The molecular weight excluding hydrogens is 452 g/mol. The second-order valence-corrected chi connectivity index (χ2v) is 10.6. The summed E-state index contributed by atoms with van der Waals surface area (Å²) in [6.45, 7) is 0.525. The molecule has 2 aliphatic carbocycles. The van der Waals surface area contributed by atoms with E-state index < -0.39 is 16.4 Å². The first-order valence-corrected chi connectivity index (χ1v) is 13.7. The molecule has 0 aliphatic heterocycles. The number of methoxy groups -OCH3 is 1. The molecular formula is C27H36O6S. The van der Waals surface area contributed by atoms with Gasteiger partial charge in [0.15, 0.2) is 0 Å². The zero-order chi connectivity index (χ0) is 24.6. The molecule has 2 unspecified atom stereocenters. The molecule has 2 atom stereocenters. The first-order chi connectivity index (χ1) is 16.3. The van der Waals surface area contributed by atoms with Gasteiger partial charge < -0.3 is 14.6 Å². The summed E-state index contributed by atoms with van der Waals surface area (Å²) in [6.07, 6.45) is 11.8. The first kappa shape index (κ1) is 26.4. The number of unbranched alkanes of at least 4 members (excludes halogenated alkanes) is 1. The van der Waals surface area contributed by atoms with Crippen LogP contribution in [-0.4, -0.2) is 46.6 Å². The number of aliphatic hydroxyl groups is 1. The Bertz CT molecular complexity index is 930. The quantitative estimate of drug-likeness (QED) is 0.280. The number of para-hydroxylation sites is 1. The maximum absolute atomic E-state index is 12.9. The number of hydrogen-bond acceptors (Lipinski definition) is 6. The molecule has 7 heteroatoms. The SMILES string of the molecule is COC(=O)C1CCC(CCC=C2C(=O)C(S(C)=O)=CC2(O)CCCCOc2ccccc2)CC1. The van der Waals surface area contributed by atoms with Gasteiger partial charge >= 0.3 is 5.97 Å². The fourth-order valence-electron chi connectivity index (χ4n) is 4.90. The third-order valence-corrected chi connectivity index (χ3v) is 7.81. The molecule has 1 aromatic carbocycles. The third kappa shape index (κ3) is 6.89. The van der Waals surface area contributed by atoms with Crippen LogP contribution < -0.4 is 4.74 Å². The van der Waals surface area contributed by atoms with Gasteiger partial charge in [-0.05, 0) is 81.9 Å². The molecule has 2 aliphatic rings. The van der Waals surface area contributed by atoms with Crippen molar-refractivity contribution < 1.29 is 28.4 Å². The molecule has 1 fully saturated rings. The van der Waals surface area contributed by atoms with E-state index >= 15 is 0 Å². The average molecular weight is 489 g/mol. The lowest BCUT2D eigenvalue weighted by atomic mass is 9.79. The second-order valence-electron chi connectivity index (χ2n) is 9.27. The van der Waals surface area contributed by atoms with Gasteiger partial charge in [-0.25, -0.2) is 0 Å². The minimum absolute atomic E-state index is 0.00160. The number of ketones is 1. The lowest BCUT2D eigenvalue weighted by Gasteiger charge is -2.27. The van der Waals surface area contributed by atoms with E-state index in [0.717, 1.165) is 44.3 Å². The van der Waals surface area contributed by atoms with Crippen molar-refractivity contribution in [3.8, 4) is 5.75 Å². The van der Waals surface area contributed by atoms with E-state index in [1.165, 1.54) is 19.4 Å². The van der Waals surface area contributed by atoms with Crippen molar-refractivity contribution in [2.45, 2.75) is 63.4 Å². The Balaban J connectivity index is 1.53. The first-order valence-electron chi connectivity index (χ1n) is 12.1. The highest BCUT2D eigenvalue weighted by molar-refractivity contribution is 7.89. The fourth-order valence-corrected chi connectivity index (χ4v) is 5.63. The largest absolute Gasteiger partial charge is 0.494 e. The molecule has 186 valence electrons. The molecule has 3 rings (SSSR count). The van der Waals surface area contributed by atoms with Gasteiger partial charge in [0, 0.05) is 11.8 Å². The van der Waals surface area contributed by atoms with Gasteiger partial charge in [0.1, 0.15) is 11.4 Å². The Kier molecular flexibility index (Phi) is 9.65. The maximum atomic E-state index is 12.9. The van der Waals surface area contributed by atoms with Gasteiger partial charge in [0.2, 0.25) is 5.78 Å². The summed E-state index contributed by atoms with van der Waals surface area (Å²) in [4.78, 5) is 24.8. The molecule has 1 N–H and O–H groups in total. The smallest absolute Gasteiger partial charge is 0.308 e. The third-order valence-electron chi connectivity index (χ3n) is 6.88. The van der Waals surface area contributed by atoms with Crippen LogP contribution in [0.15, 0.2) is 53.0 Å². The number of hydrogen-bond donors (Lipinski definition) is 1. The zero-order valence-corrected chi connectivity index (χ0v) is 21.0. The van der Waals surface area contributed by atoms with Crippen LogP contribution in [0.4, 0.5) is 0 Å². The molecule has 34 heavy (non-hydrogen) atoms. The van der Waals surface area contributed by atoms with Crippen LogP contribution in [0.2, 0.25) is 0 Å². The molecule has 0 aromatic heterocycles. The van der Waals surface area contributed by atoms with Crippen molar-refractivity contribution in [2.24, 2.45) is 11.8 Å². The minimum atomic E-state index is -1.45. The number of benzene rings is 1. The fraction of sp³-hybridized carbons (Fsp3) is 0.556. The molecule has 0 amide bonds. The van der Waals surface area contributed by atoms with E-state index in [9.17, 15) is 18.9 Å². The molecule has 1 aromatic rings. The van der Waals surface area contributed by atoms with Crippen molar-refractivity contribution in [1.29, 1.82) is 0 Å². The van der Waals surface area contributed by atoms with Crippen molar-refractivity contribution in [3.05, 3.63) is 53.0 Å². The maximum Gasteiger partial charge on any atom is 0.308 e. The van der Waals surface area contributed by atoms with E-state index in [2.05, 4.69) is 0 Å². The van der Waals surface area contributed by atoms with Crippen LogP contribution in [0.1, 0.15) is 57.8 Å². The molecule has 6 nitrogen and oxygen atoms in total. The number of carbonyl (C=O) groups excluding carboxylic acids is 2. The van der Waals surface area contributed by atoms with Crippen molar-refractivity contribution in [1.82, 2.24) is 0 Å². The van der Waals surface area contributed by atoms with Gasteiger partial charge in [-0.1, -0.05) is 24.3 Å². The summed E-state index contributed by atoms with van der Waals surface area (Å²) in [6, 6.07) is 9.57. The summed E-state index contributed by atoms with van der Waals surface area (Å²) in [5, 5.41) is 11.3. The Hall–Kier alpha value is -2.25. The summed E-state index contributed by atoms with van der Waals surface area (Å²) < 4.78 is 22.7. The van der Waals surface area contributed by atoms with Gasteiger partial charge in [0.05, 0.1) is 35.3 Å². The van der Waals surface area contributed by atoms with Crippen molar-refractivity contribution in [3.63, 3.8) is 0 Å². The summed E-state index contributed by atoms with van der Waals surface area (Å²) in [5.41, 5.74) is -1.03. The average Bonchev–Trinajstić information content (AvgIpc) is 3.10. The number of ether oxygens (including phenoxy) is 2. The standard InChI is InChI=1S/C27H36O6S/c1-32-26(29)21-15-13-20(14-16-21)9-8-12-23-25(28)24(34(2)31)19-27(23,30)17-6-7-18-33-22-10-4-3-5-11-22/h3-5,10-12,19-21,30H,6-9,13-18H2,1-2H3. The summed E-state index contributed by atoms with van der Waals surface area (Å²) in [5.74, 6) is 0.867. The van der Waals surface area contributed by atoms with Crippen LogP contribution in [0.25, 0.3) is 0 Å². The van der Waals surface area contributed by atoms with Crippen LogP contribution >= 0.6 is 0 Å². The molecule has 0 spiro atoms. The Labute approximate surface area is 204 Å². The van der Waals surface area contributed by atoms with E-state index in [1.807, 2.05) is 36.4 Å². The van der Waals surface area contributed by atoms with Gasteiger partial charge in [0.25, 0.3) is 0 Å². The Morgan fingerprint density at radius 3 is 2.53 bits per heavy atom. The topological polar surface area (TPSA) is 89.9 Å². The number of carbonyl (C=O) groups is 2. The molecule has 0 bridgehead atoms. The van der Waals surface area contributed by atoms with Crippen LogP contribution in [0.3, 0.4) is 0 Å². The van der Waals surface area contributed by atoms with Gasteiger partial charge in [-0.2, -0.15) is 0 Å².